The van der Waals surface area contributed by atoms with Crippen LogP contribution >= 0.6 is 0 Å². The molecule has 1 aromatic heterocycles. The molecule has 0 atom stereocenters. The third-order valence-corrected chi connectivity index (χ3v) is 3.34. The number of hydrogen-bond acceptors (Lipinski definition) is 3. The minimum Gasteiger partial charge on any atom is -0.478 e. The summed E-state index contributed by atoms with van der Waals surface area (Å²) in [6.45, 7) is -1.36. The largest absolute Gasteiger partial charge is 0.478 e. The van der Waals surface area contributed by atoms with Crippen molar-refractivity contribution in [1.82, 2.24) is 4.98 Å². The molecule has 1 aromatic rings. The van der Waals surface area contributed by atoms with Gasteiger partial charge in [-0.25, -0.2) is 18.6 Å². The molecule has 0 saturated carbocycles. The number of aryl methyl sites for hydroxylation is 2. The van der Waals surface area contributed by atoms with Crippen LogP contribution in [-0.2, 0) is 12.8 Å². The Labute approximate surface area is 118 Å². The second-order valence-corrected chi connectivity index (χ2v) is 4.92. The zero-order chi connectivity index (χ0) is 15.6. The third kappa shape index (κ3) is 3.43. The van der Waals surface area contributed by atoms with Crippen LogP contribution in [0.3, 0.4) is 0 Å². The first-order valence-corrected chi connectivity index (χ1v) is 6.47. The van der Waals surface area contributed by atoms with Gasteiger partial charge in [0.2, 0.25) is 0 Å². The molecule has 0 bridgehead atoms. The van der Waals surface area contributed by atoms with Crippen molar-refractivity contribution in [2.24, 2.45) is 0 Å². The van der Waals surface area contributed by atoms with Gasteiger partial charge in [-0.1, -0.05) is 0 Å². The van der Waals surface area contributed by atoms with Gasteiger partial charge in [0.25, 0.3) is 0 Å². The quantitative estimate of drug-likeness (QED) is 0.821. The van der Waals surface area contributed by atoms with Crippen molar-refractivity contribution < 1.29 is 27.5 Å². The molecule has 8 heteroatoms. The molecule has 21 heavy (non-hydrogen) atoms. The first kappa shape index (κ1) is 15.5. The number of hydrogen-bond donors (Lipinski definition) is 2. The minimum absolute atomic E-state index is 0.277. The van der Waals surface area contributed by atoms with Gasteiger partial charge < -0.3 is 10.4 Å². The summed E-state index contributed by atoms with van der Waals surface area (Å²) in [6, 6.07) is 1.38. The van der Waals surface area contributed by atoms with Crippen LogP contribution < -0.4 is 5.32 Å². The lowest BCUT2D eigenvalue weighted by Crippen LogP contribution is -2.35. The highest BCUT2D eigenvalue weighted by molar-refractivity contribution is 5.93. The standard InChI is InChI=1S/C13H14F4N2O2/c14-12(15)13(16,17)6-18-10-8(11(20)21)5-7-3-1-2-4-9(7)19-10/h5,12H,1-4,6H2,(H,18,19)(H,20,21). The van der Waals surface area contributed by atoms with Crippen LogP contribution in [0.2, 0.25) is 0 Å². The number of aromatic nitrogens is 1. The van der Waals surface area contributed by atoms with Crippen molar-refractivity contribution in [1.29, 1.82) is 0 Å². The zero-order valence-electron chi connectivity index (χ0n) is 11.0. The van der Waals surface area contributed by atoms with Gasteiger partial charge in [-0.15, -0.1) is 0 Å². The monoisotopic (exact) mass is 306 g/mol. The first-order chi connectivity index (χ1) is 9.81. The van der Waals surface area contributed by atoms with Gasteiger partial charge in [0.1, 0.15) is 11.4 Å². The normalized spacial score (nSPS) is 14.9. The van der Waals surface area contributed by atoms with E-state index in [2.05, 4.69) is 4.98 Å². The Hall–Kier alpha value is -1.86. The van der Waals surface area contributed by atoms with E-state index in [0.29, 0.717) is 18.5 Å². The van der Waals surface area contributed by atoms with Crippen molar-refractivity contribution in [2.45, 2.75) is 38.0 Å². The van der Waals surface area contributed by atoms with Gasteiger partial charge in [-0.2, -0.15) is 8.78 Å². The van der Waals surface area contributed by atoms with Crippen LogP contribution in [0.1, 0.15) is 34.5 Å². The molecule has 0 aliphatic heterocycles. The molecular formula is C13H14F4N2O2. The van der Waals surface area contributed by atoms with E-state index >= 15 is 0 Å². The van der Waals surface area contributed by atoms with Crippen molar-refractivity contribution >= 4 is 11.8 Å². The van der Waals surface area contributed by atoms with Crippen LogP contribution in [0.4, 0.5) is 23.4 Å². The molecule has 0 fully saturated rings. The summed E-state index contributed by atoms with van der Waals surface area (Å²) in [5, 5.41) is 11.1. The summed E-state index contributed by atoms with van der Waals surface area (Å²) in [5.74, 6) is -5.87. The Kier molecular flexibility index (Phi) is 4.34. The Balaban J connectivity index is 2.27. The predicted molar refractivity (Wildman–Crippen MR) is 67.3 cm³/mol. The third-order valence-electron chi connectivity index (χ3n) is 3.34. The topological polar surface area (TPSA) is 62.2 Å². The highest BCUT2D eigenvalue weighted by Gasteiger charge is 2.40. The Bertz CT molecular complexity index is 549. The fourth-order valence-electron chi connectivity index (χ4n) is 2.21. The molecule has 2 N–H and O–H groups in total. The number of anilines is 1. The van der Waals surface area contributed by atoms with E-state index in [1.165, 1.54) is 6.07 Å². The molecule has 116 valence electrons. The first-order valence-electron chi connectivity index (χ1n) is 6.47. The van der Waals surface area contributed by atoms with E-state index in [9.17, 15) is 22.4 Å². The molecule has 0 radical (unpaired) electrons. The van der Waals surface area contributed by atoms with Crippen molar-refractivity contribution in [3.8, 4) is 0 Å². The van der Waals surface area contributed by atoms with E-state index < -0.39 is 24.9 Å². The zero-order valence-corrected chi connectivity index (χ0v) is 11.0. The van der Waals surface area contributed by atoms with E-state index in [1.54, 1.807) is 0 Å². The second-order valence-electron chi connectivity index (χ2n) is 4.92. The summed E-state index contributed by atoms with van der Waals surface area (Å²) in [7, 11) is 0. The van der Waals surface area contributed by atoms with Crippen molar-refractivity contribution in [3.05, 3.63) is 22.9 Å². The SMILES string of the molecule is O=C(O)c1cc2c(nc1NCC(F)(F)C(F)F)CCCC2. The van der Waals surface area contributed by atoms with Gasteiger partial charge in [-0.05, 0) is 37.3 Å². The van der Waals surface area contributed by atoms with Crippen LogP contribution in [0.5, 0.6) is 0 Å². The number of pyridine rings is 1. The van der Waals surface area contributed by atoms with E-state index in [0.717, 1.165) is 18.4 Å². The number of carboxylic acid groups (broad SMARTS) is 1. The lowest BCUT2D eigenvalue weighted by Gasteiger charge is -2.20. The van der Waals surface area contributed by atoms with Crippen LogP contribution in [0.15, 0.2) is 6.07 Å². The van der Waals surface area contributed by atoms with Crippen LogP contribution in [0.25, 0.3) is 0 Å². The number of nitrogens with zero attached hydrogens (tertiary/aromatic N) is 1. The summed E-state index contributed by atoms with van der Waals surface area (Å²) in [6.07, 6.45) is -0.746. The molecule has 1 aliphatic carbocycles. The van der Waals surface area contributed by atoms with Crippen molar-refractivity contribution in [3.63, 3.8) is 0 Å². The highest BCUT2D eigenvalue weighted by Crippen LogP contribution is 2.27. The van der Waals surface area contributed by atoms with Gasteiger partial charge in [0.05, 0.1) is 6.54 Å². The smallest absolute Gasteiger partial charge is 0.339 e. The number of halogens is 4. The van der Waals surface area contributed by atoms with E-state index in [1.807, 2.05) is 5.32 Å². The van der Waals surface area contributed by atoms with Crippen molar-refractivity contribution in [2.75, 3.05) is 11.9 Å². The van der Waals surface area contributed by atoms with E-state index in [4.69, 9.17) is 5.11 Å². The number of aromatic carboxylic acids is 1. The average Bonchev–Trinajstić information content (AvgIpc) is 2.43. The maximum Gasteiger partial charge on any atom is 0.339 e. The molecule has 4 nitrogen and oxygen atoms in total. The van der Waals surface area contributed by atoms with Gasteiger partial charge in [0, 0.05) is 5.69 Å². The number of nitrogens with one attached hydrogen (secondary N) is 1. The molecule has 1 aliphatic rings. The number of fused-ring (bicyclic) bond motifs is 1. The molecule has 1 heterocycles. The molecule has 0 unspecified atom stereocenters. The Morgan fingerprint density at radius 3 is 2.67 bits per heavy atom. The molecular weight excluding hydrogens is 292 g/mol. The Morgan fingerprint density at radius 2 is 2.05 bits per heavy atom. The Morgan fingerprint density at radius 1 is 1.38 bits per heavy atom. The molecule has 0 amide bonds. The molecule has 0 spiro atoms. The maximum atomic E-state index is 12.9. The average molecular weight is 306 g/mol. The summed E-state index contributed by atoms with van der Waals surface area (Å²) >= 11 is 0. The molecule has 0 aromatic carbocycles. The fraction of sp³-hybridized carbons (Fsp3) is 0.538. The number of rotatable bonds is 5. The maximum absolute atomic E-state index is 12.9. The lowest BCUT2D eigenvalue weighted by atomic mass is 9.94. The van der Waals surface area contributed by atoms with Gasteiger partial charge in [-0.3, -0.25) is 0 Å². The highest BCUT2D eigenvalue weighted by atomic mass is 19.3. The predicted octanol–water partition coefficient (Wildman–Crippen LogP) is 2.97. The fourth-order valence-corrected chi connectivity index (χ4v) is 2.21. The second kappa shape index (κ2) is 5.87. The minimum atomic E-state index is -4.24. The molecule has 2 rings (SSSR count). The summed E-state index contributed by atoms with van der Waals surface area (Å²) < 4.78 is 50.1. The van der Waals surface area contributed by atoms with Gasteiger partial charge in [0.15, 0.2) is 0 Å². The lowest BCUT2D eigenvalue weighted by molar-refractivity contribution is -0.117. The number of carbonyl (C=O) groups is 1. The van der Waals surface area contributed by atoms with Crippen LogP contribution in [0, 0.1) is 0 Å². The molecule has 0 saturated heterocycles. The number of carboxylic acids is 1. The van der Waals surface area contributed by atoms with Crippen LogP contribution in [-0.4, -0.2) is 35.0 Å². The van der Waals surface area contributed by atoms with Gasteiger partial charge >= 0.3 is 18.3 Å². The summed E-state index contributed by atoms with van der Waals surface area (Å²) in [4.78, 5) is 15.2. The summed E-state index contributed by atoms with van der Waals surface area (Å²) in [5.41, 5.74) is 1.12. The number of alkyl halides is 4. The van der Waals surface area contributed by atoms with E-state index in [-0.39, 0.29) is 11.4 Å².